The number of hydrogen-bond acceptors (Lipinski definition) is 5. The molecule has 0 spiro atoms. The fourth-order valence-electron chi connectivity index (χ4n) is 3.62. The Morgan fingerprint density at radius 2 is 1.97 bits per heavy atom. The van der Waals surface area contributed by atoms with Gasteiger partial charge in [0.25, 0.3) is 11.9 Å². The summed E-state index contributed by atoms with van der Waals surface area (Å²) in [6, 6.07) is 15.1. The average molecular weight is 461 g/mol. The summed E-state index contributed by atoms with van der Waals surface area (Å²) in [5, 5.41) is 10.6. The van der Waals surface area contributed by atoms with Crippen LogP contribution < -0.4 is 10.6 Å². The number of nitrogens with one attached hydrogen (secondary N) is 2. The summed E-state index contributed by atoms with van der Waals surface area (Å²) in [7, 11) is 0. The minimum Gasteiger partial charge on any atom is -0.324 e. The lowest BCUT2D eigenvalue weighted by Crippen LogP contribution is -2.21. The number of allylic oxidation sites excluding steroid dienone is 1. The van der Waals surface area contributed by atoms with E-state index in [1.807, 2.05) is 37.3 Å². The van der Waals surface area contributed by atoms with E-state index in [9.17, 15) is 9.18 Å². The Morgan fingerprint density at radius 1 is 1.15 bits per heavy atom. The van der Waals surface area contributed by atoms with Crippen molar-refractivity contribution >= 4 is 35.1 Å². The molecule has 164 valence electrons. The summed E-state index contributed by atoms with van der Waals surface area (Å²) in [6.07, 6.45) is 4.86. The van der Waals surface area contributed by atoms with Crippen molar-refractivity contribution in [2.24, 2.45) is 0 Å². The van der Waals surface area contributed by atoms with Crippen molar-refractivity contribution < 1.29 is 9.18 Å². The summed E-state index contributed by atoms with van der Waals surface area (Å²) in [6.45, 7) is 2.00. The molecular formula is C24H18ClFN6O. The maximum atomic E-state index is 14.9. The molecule has 4 aromatic rings. The van der Waals surface area contributed by atoms with Gasteiger partial charge in [0.1, 0.15) is 11.9 Å². The molecule has 33 heavy (non-hydrogen) atoms. The number of amides is 1. The molecule has 0 aliphatic carbocycles. The van der Waals surface area contributed by atoms with Crippen LogP contribution in [0.2, 0.25) is 5.02 Å². The number of carbonyl (C=O) groups excluding carboxylic acids is 1. The Bertz CT molecular complexity index is 1350. The standard InChI is InChI=1S/C24H18ClFN6O/c1-14-7-9-15(10-8-14)19-12-20(21-17(25)5-2-6-18(21)26)32-24(28-19)30-23(31-32)29-22(33)16-4-3-11-27-13-16/h2-13,20H,1H3,(H2,28,29,30,31,33)/t20-/m0/s1. The molecule has 2 N–H and O–H groups in total. The summed E-state index contributed by atoms with van der Waals surface area (Å²) in [5.41, 5.74) is 3.37. The second-order valence-corrected chi connectivity index (χ2v) is 7.96. The van der Waals surface area contributed by atoms with Gasteiger partial charge in [-0.05, 0) is 42.8 Å². The van der Waals surface area contributed by atoms with Crippen molar-refractivity contribution in [3.8, 4) is 0 Å². The minimum absolute atomic E-state index is 0.0716. The lowest BCUT2D eigenvalue weighted by molar-refractivity contribution is 0.102. The number of aryl methyl sites for hydroxylation is 1. The first-order valence-corrected chi connectivity index (χ1v) is 10.5. The van der Waals surface area contributed by atoms with Crippen molar-refractivity contribution in [2.75, 3.05) is 10.6 Å². The van der Waals surface area contributed by atoms with E-state index in [-0.39, 0.29) is 16.5 Å². The molecule has 2 aromatic heterocycles. The van der Waals surface area contributed by atoms with Gasteiger partial charge in [-0.3, -0.25) is 15.1 Å². The van der Waals surface area contributed by atoms with Gasteiger partial charge in [0.15, 0.2) is 0 Å². The summed E-state index contributed by atoms with van der Waals surface area (Å²) < 4.78 is 16.4. The number of hydrogen-bond donors (Lipinski definition) is 2. The second-order valence-electron chi connectivity index (χ2n) is 7.55. The number of fused-ring (bicyclic) bond motifs is 1. The maximum absolute atomic E-state index is 14.9. The highest BCUT2D eigenvalue weighted by molar-refractivity contribution is 6.31. The first-order chi connectivity index (χ1) is 16.0. The lowest BCUT2D eigenvalue weighted by atomic mass is 10.0. The number of halogens is 2. The predicted octanol–water partition coefficient (Wildman–Crippen LogP) is 5.08. The summed E-state index contributed by atoms with van der Waals surface area (Å²) >= 11 is 6.39. The van der Waals surface area contributed by atoms with E-state index in [1.165, 1.54) is 16.9 Å². The largest absolute Gasteiger partial charge is 0.324 e. The smallest absolute Gasteiger partial charge is 0.259 e. The van der Waals surface area contributed by atoms with E-state index in [4.69, 9.17) is 11.6 Å². The maximum Gasteiger partial charge on any atom is 0.259 e. The van der Waals surface area contributed by atoms with Crippen LogP contribution in [0.25, 0.3) is 5.70 Å². The first-order valence-electron chi connectivity index (χ1n) is 10.2. The molecule has 0 unspecified atom stereocenters. The monoisotopic (exact) mass is 460 g/mol. The van der Waals surface area contributed by atoms with Gasteiger partial charge in [-0.1, -0.05) is 47.5 Å². The molecule has 1 amide bonds. The molecule has 2 aromatic carbocycles. The number of pyridine rings is 1. The lowest BCUT2D eigenvalue weighted by Gasteiger charge is -2.25. The van der Waals surface area contributed by atoms with Crippen molar-refractivity contribution in [1.82, 2.24) is 19.7 Å². The second kappa shape index (κ2) is 8.48. The summed E-state index contributed by atoms with van der Waals surface area (Å²) in [4.78, 5) is 20.9. The topological polar surface area (TPSA) is 84.7 Å². The van der Waals surface area contributed by atoms with Crippen molar-refractivity contribution in [2.45, 2.75) is 13.0 Å². The fraction of sp³-hybridized carbons (Fsp3) is 0.0833. The van der Waals surface area contributed by atoms with E-state index in [2.05, 4.69) is 25.7 Å². The van der Waals surface area contributed by atoms with Crippen LogP contribution in [0.15, 0.2) is 73.1 Å². The van der Waals surface area contributed by atoms with Crippen LogP contribution in [0.3, 0.4) is 0 Å². The van der Waals surface area contributed by atoms with Crippen molar-refractivity contribution in [3.63, 3.8) is 0 Å². The Morgan fingerprint density at radius 3 is 2.70 bits per heavy atom. The molecule has 7 nitrogen and oxygen atoms in total. The van der Waals surface area contributed by atoms with E-state index in [1.54, 1.807) is 30.5 Å². The molecule has 3 heterocycles. The van der Waals surface area contributed by atoms with Crippen LogP contribution in [0, 0.1) is 12.7 Å². The highest BCUT2D eigenvalue weighted by Crippen LogP contribution is 2.37. The van der Waals surface area contributed by atoms with Gasteiger partial charge in [-0.25, -0.2) is 9.07 Å². The van der Waals surface area contributed by atoms with Crippen LogP contribution in [0.1, 0.15) is 33.1 Å². The Kier molecular flexibility index (Phi) is 5.35. The highest BCUT2D eigenvalue weighted by atomic mass is 35.5. The van der Waals surface area contributed by atoms with Crippen molar-refractivity contribution in [1.29, 1.82) is 0 Å². The highest BCUT2D eigenvalue weighted by Gasteiger charge is 2.29. The molecule has 0 bridgehead atoms. The summed E-state index contributed by atoms with van der Waals surface area (Å²) in [5.74, 6) is -0.448. The third kappa shape index (κ3) is 4.08. The molecule has 0 saturated carbocycles. The van der Waals surface area contributed by atoms with Crippen LogP contribution in [0.4, 0.5) is 16.3 Å². The van der Waals surface area contributed by atoms with Gasteiger partial charge >= 0.3 is 0 Å². The number of benzene rings is 2. The molecule has 5 rings (SSSR count). The number of rotatable bonds is 4. The van der Waals surface area contributed by atoms with Crippen molar-refractivity contribution in [3.05, 3.63) is 106 Å². The van der Waals surface area contributed by atoms with Gasteiger partial charge in [0.2, 0.25) is 5.95 Å². The quantitative estimate of drug-likeness (QED) is 0.443. The predicted molar refractivity (Wildman–Crippen MR) is 125 cm³/mol. The normalized spacial score (nSPS) is 14.8. The Hall–Kier alpha value is -4.04. The molecule has 1 atom stereocenters. The number of anilines is 2. The van der Waals surface area contributed by atoms with Gasteiger partial charge in [0, 0.05) is 28.7 Å². The van der Waals surface area contributed by atoms with E-state index in [0.29, 0.717) is 11.5 Å². The first kappa shape index (κ1) is 20.8. The third-order valence-corrected chi connectivity index (χ3v) is 5.60. The molecule has 9 heteroatoms. The zero-order chi connectivity index (χ0) is 22.9. The van der Waals surface area contributed by atoms with Gasteiger partial charge < -0.3 is 5.32 Å². The number of aromatic nitrogens is 4. The van der Waals surface area contributed by atoms with Gasteiger partial charge in [-0.15, -0.1) is 5.10 Å². The molecule has 0 radical (unpaired) electrons. The minimum atomic E-state index is -0.678. The van der Waals surface area contributed by atoms with Gasteiger partial charge in [-0.2, -0.15) is 4.98 Å². The zero-order valence-electron chi connectivity index (χ0n) is 17.5. The number of carbonyl (C=O) groups is 1. The third-order valence-electron chi connectivity index (χ3n) is 5.27. The molecular weight excluding hydrogens is 443 g/mol. The van der Waals surface area contributed by atoms with Crippen LogP contribution in [-0.4, -0.2) is 25.7 Å². The van der Waals surface area contributed by atoms with Gasteiger partial charge in [0.05, 0.1) is 5.56 Å². The van der Waals surface area contributed by atoms with Crippen LogP contribution in [0.5, 0.6) is 0 Å². The molecule has 0 fully saturated rings. The van der Waals surface area contributed by atoms with Crippen LogP contribution >= 0.6 is 11.6 Å². The van der Waals surface area contributed by atoms with Crippen LogP contribution in [-0.2, 0) is 0 Å². The zero-order valence-corrected chi connectivity index (χ0v) is 18.2. The SMILES string of the molecule is Cc1ccc(C2=C[C@@H](c3c(F)cccc3Cl)n3nc(NC(=O)c4cccnc4)nc3N2)cc1. The molecule has 0 saturated heterocycles. The van der Waals surface area contributed by atoms with E-state index >= 15 is 0 Å². The fourth-order valence-corrected chi connectivity index (χ4v) is 3.89. The Labute approximate surface area is 194 Å². The Balaban J connectivity index is 1.56. The molecule has 1 aliphatic heterocycles. The number of nitrogens with zero attached hydrogens (tertiary/aromatic N) is 4. The van der Waals surface area contributed by atoms with E-state index < -0.39 is 17.8 Å². The average Bonchev–Trinajstić information content (AvgIpc) is 3.22. The molecule has 1 aliphatic rings. The van der Waals surface area contributed by atoms with E-state index in [0.717, 1.165) is 16.8 Å².